The summed E-state index contributed by atoms with van der Waals surface area (Å²) in [6, 6.07) is 19.9. The predicted molar refractivity (Wildman–Crippen MR) is 142 cm³/mol. The average Bonchev–Trinajstić information content (AvgIpc) is 3.31. The number of benzene rings is 3. The van der Waals surface area contributed by atoms with Gasteiger partial charge in [-0.3, -0.25) is 10.2 Å². The van der Waals surface area contributed by atoms with E-state index in [1.54, 1.807) is 66.7 Å². The van der Waals surface area contributed by atoms with Gasteiger partial charge in [0.05, 0.1) is 17.1 Å². The fraction of sp³-hybridized carbons (Fsp3) is 0.200. The number of primary sulfonamides is 1. The van der Waals surface area contributed by atoms with Gasteiger partial charge >= 0.3 is 0 Å². The molecule has 0 spiro atoms. The Hall–Kier alpha value is -3.58. The number of nitrogens with one attached hydrogen (secondary N) is 2. The summed E-state index contributed by atoms with van der Waals surface area (Å²) in [4.78, 5) is 13.3. The molecule has 6 N–H and O–H groups in total. The Morgan fingerprint density at radius 1 is 0.973 bits per heavy atom. The molecule has 0 unspecified atom stereocenters. The number of carbonyl (C=O) groups excluding carboxylic acids is 1. The van der Waals surface area contributed by atoms with Gasteiger partial charge in [0.25, 0.3) is 0 Å². The highest BCUT2D eigenvalue weighted by atomic mass is 32.2. The highest BCUT2D eigenvalue weighted by molar-refractivity contribution is 7.89. The summed E-state index contributed by atoms with van der Waals surface area (Å²) in [6.07, 6.45) is 1.11. The quantitative estimate of drug-likeness (QED) is 0.262. The van der Waals surface area contributed by atoms with Crippen LogP contribution in [-0.4, -0.2) is 52.2 Å². The van der Waals surface area contributed by atoms with Crippen LogP contribution in [0.2, 0.25) is 0 Å². The number of amidine groups is 1. The van der Waals surface area contributed by atoms with Crippen LogP contribution in [0.3, 0.4) is 0 Å². The first-order valence-electron chi connectivity index (χ1n) is 11.3. The molecule has 1 saturated heterocycles. The molecule has 1 aliphatic heterocycles. The van der Waals surface area contributed by atoms with Crippen LogP contribution in [-0.2, 0) is 24.8 Å². The van der Waals surface area contributed by atoms with Crippen molar-refractivity contribution >= 4 is 37.5 Å². The van der Waals surface area contributed by atoms with Crippen LogP contribution in [0.25, 0.3) is 11.1 Å². The van der Waals surface area contributed by atoms with Gasteiger partial charge < -0.3 is 11.1 Å². The largest absolute Gasteiger partial charge is 0.384 e. The third kappa shape index (κ3) is 5.88. The molecule has 0 aliphatic carbocycles. The maximum atomic E-state index is 13.3. The van der Waals surface area contributed by atoms with E-state index in [9.17, 15) is 21.6 Å². The zero-order chi connectivity index (χ0) is 27.0. The van der Waals surface area contributed by atoms with Gasteiger partial charge in [0.15, 0.2) is 0 Å². The molecule has 10 nitrogen and oxygen atoms in total. The summed E-state index contributed by atoms with van der Waals surface area (Å²) in [5.41, 5.74) is 8.34. The van der Waals surface area contributed by atoms with Gasteiger partial charge in [-0.05, 0) is 35.4 Å². The summed E-state index contributed by atoms with van der Waals surface area (Å²) >= 11 is 0. The zero-order valence-electron chi connectivity index (χ0n) is 20.0. The molecule has 2 atom stereocenters. The molecule has 0 radical (unpaired) electrons. The third-order valence-corrected chi connectivity index (χ3v) is 8.58. The molecule has 3 aromatic rings. The van der Waals surface area contributed by atoms with Crippen LogP contribution in [0.1, 0.15) is 17.0 Å². The van der Waals surface area contributed by atoms with Crippen molar-refractivity contribution in [3.63, 3.8) is 0 Å². The molecule has 1 amide bonds. The number of nitrogens with two attached hydrogens (primary N) is 2. The summed E-state index contributed by atoms with van der Waals surface area (Å²) in [5, 5.41) is 15.9. The number of nitrogen functional groups attached to an aromatic ring is 1. The van der Waals surface area contributed by atoms with Crippen molar-refractivity contribution in [1.29, 1.82) is 5.41 Å². The van der Waals surface area contributed by atoms with E-state index in [4.69, 9.17) is 16.3 Å². The predicted octanol–water partition coefficient (Wildman–Crippen LogP) is 1.90. The number of carbonyl (C=O) groups is 1. The molecule has 1 heterocycles. The van der Waals surface area contributed by atoms with Crippen LogP contribution in [0.4, 0.5) is 5.69 Å². The van der Waals surface area contributed by atoms with Crippen LogP contribution < -0.4 is 16.2 Å². The fourth-order valence-corrected chi connectivity index (χ4v) is 6.12. The van der Waals surface area contributed by atoms with Gasteiger partial charge in [-0.1, -0.05) is 48.5 Å². The molecule has 12 heteroatoms. The Labute approximate surface area is 215 Å². The molecule has 37 heavy (non-hydrogen) atoms. The summed E-state index contributed by atoms with van der Waals surface area (Å²) in [7, 11) is -7.46. The second-order valence-corrected chi connectivity index (χ2v) is 12.5. The molecule has 3 aromatic carbocycles. The van der Waals surface area contributed by atoms with Crippen molar-refractivity contribution in [3.05, 3.63) is 83.9 Å². The van der Waals surface area contributed by atoms with Crippen LogP contribution in [0, 0.1) is 11.3 Å². The topological polar surface area (TPSA) is 177 Å². The molecular formula is C25H27N5O5S2. The molecule has 0 bridgehead atoms. The van der Waals surface area contributed by atoms with Crippen molar-refractivity contribution in [2.24, 2.45) is 16.8 Å². The molecular weight excluding hydrogens is 514 g/mol. The van der Waals surface area contributed by atoms with Crippen molar-refractivity contribution in [3.8, 4) is 11.1 Å². The Morgan fingerprint density at radius 2 is 1.65 bits per heavy atom. The van der Waals surface area contributed by atoms with Crippen molar-refractivity contribution in [1.82, 2.24) is 4.31 Å². The monoisotopic (exact) mass is 541 g/mol. The van der Waals surface area contributed by atoms with Crippen LogP contribution in [0.5, 0.6) is 0 Å². The van der Waals surface area contributed by atoms with Gasteiger partial charge in [0, 0.05) is 35.8 Å². The lowest BCUT2D eigenvalue weighted by Gasteiger charge is -2.19. The lowest BCUT2D eigenvalue weighted by atomic mass is 9.87. The third-order valence-electron chi connectivity index (χ3n) is 6.37. The minimum Gasteiger partial charge on any atom is -0.384 e. The number of anilines is 1. The minimum absolute atomic E-state index is 0.00533. The lowest BCUT2D eigenvalue weighted by Crippen LogP contribution is -2.31. The first kappa shape index (κ1) is 26.5. The number of sulfonamides is 2. The fourth-order valence-electron chi connectivity index (χ4n) is 4.50. The number of amides is 1. The highest BCUT2D eigenvalue weighted by Gasteiger charge is 2.42. The Balaban J connectivity index is 1.59. The first-order valence-corrected chi connectivity index (χ1v) is 14.7. The lowest BCUT2D eigenvalue weighted by molar-refractivity contribution is -0.119. The Kier molecular flexibility index (Phi) is 7.20. The first-order chi connectivity index (χ1) is 17.3. The number of hydrogen-bond donors (Lipinski definition) is 4. The molecule has 0 aromatic heterocycles. The normalized spacial score (nSPS) is 18.4. The average molecular weight is 542 g/mol. The van der Waals surface area contributed by atoms with E-state index in [2.05, 4.69) is 5.32 Å². The standard InChI is InChI=1S/C25H27N5O5S2/c1-36(32,33)30-14-21(17-5-4-6-18(13-17)24(26)27)22(15-30)25(31)29-19-11-9-16(10-12-19)20-7-2-3-8-23(20)37(28,34)35/h2-13,21-22H,14-15H2,1H3,(H3,26,27)(H,29,31)(H2,28,34,35)/t21-,22-/m0/s1. The second-order valence-electron chi connectivity index (χ2n) is 8.94. The van der Waals surface area contributed by atoms with Crippen LogP contribution in [0.15, 0.2) is 77.7 Å². The van der Waals surface area contributed by atoms with Crippen molar-refractivity contribution in [2.75, 3.05) is 24.7 Å². The summed E-state index contributed by atoms with van der Waals surface area (Å²) in [5.74, 6) is -1.60. The Bertz CT molecular complexity index is 1570. The van der Waals surface area contributed by atoms with Gasteiger partial charge in [-0.2, -0.15) is 0 Å². The molecule has 1 fully saturated rings. The van der Waals surface area contributed by atoms with E-state index in [-0.39, 0.29) is 29.7 Å². The number of nitrogens with zero attached hydrogens (tertiary/aromatic N) is 1. The number of rotatable bonds is 7. The van der Waals surface area contributed by atoms with Crippen molar-refractivity contribution in [2.45, 2.75) is 10.8 Å². The molecule has 194 valence electrons. The van der Waals surface area contributed by atoms with E-state index in [1.807, 2.05) is 0 Å². The number of hydrogen-bond acceptors (Lipinski definition) is 6. The van der Waals surface area contributed by atoms with E-state index >= 15 is 0 Å². The second kappa shape index (κ2) is 10.1. The van der Waals surface area contributed by atoms with E-state index in [0.29, 0.717) is 27.9 Å². The summed E-state index contributed by atoms with van der Waals surface area (Å²) < 4.78 is 49.7. The van der Waals surface area contributed by atoms with E-state index in [0.717, 1.165) is 6.26 Å². The van der Waals surface area contributed by atoms with Gasteiger partial charge in [0.1, 0.15) is 5.84 Å². The van der Waals surface area contributed by atoms with Gasteiger partial charge in [-0.15, -0.1) is 0 Å². The maximum absolute atomic E-state index is 13.3. The molecule has 4 rings (SSSR count). The van der Waals surface area contributed by atoms with E-state index < -0.39 is 31.9 Å². The van der Waals surface area contributed by atoms with Gasteiger partial charge in [0.2, 0.25) is 26.0 Å². The van der Waals surface area contributed by atoms with Crippen LogP contribution >= 0.6 is 0 Å². The Morgan fingerprint density at radius 3 is 2.27 bits per heavy atom. The zero-order valence-corrected chi connectivity index (χ0v) is 21.6. The van der Waals surface area contributed by atoms with Crippen molar-refractivity contribution < 1.29 is 21.6 Å². The highest BCUT2D eigenvalue weighted by Crippen LogP contribution is 2.35. The SMILES string of the molecule is CS(=O)(=O)N1C[C@H](C(=O)Nc2ccc(-c3ccccc3S(N)(=O)=O)cc2)[C@H](c2cccc(C(=N)N)c2)C1. The molecule has 0 saturated carbocycles. The van der Waals surface area contributed by atoms with E-state index in [1.165, 1.54) is 10.4 Å². The smallest absolute Gasteiger partial charge is 0.238 e. The maximum Gasteiger partial charge on any atom is 0.238 e. The minimum atomic E-state index is -3.92. The molecule has 1 aliphatic rings. The van der Waals surface area contributed by atoms with Gasteiger partial charge in [-0.25, -0.2) is 26.3 Å². The summed E-state index contributed by atoms with van der Waals surface area (Å²) in [6.45, 7) is 0.140.